The highest BCUT2D eigenvalue weighted by atomic mass is 32.2. The van der Waals surface area contributed by atoms with Crippen molar-refractivity contribution in [2.45, 2.75) is 51.5 Å². The third-order valence-electron chi connectivity index (χ3n) is 6.51. The van der Waals surface area contributed by atoms with Gasteiger partial charge in [-0.05, 0) is 82.3 Å². The molecule has 3 heterocycles. The Kier molecular flexibility index (Phi) is 6.51. The van der Waals surface area contributed by atoms with Gasteiger partial charge >= 0.3 is 5.97 Å². The van der Waals surface area contributed by atoms with Crippen LogP contribution in [-0.2, 0) is 17.6 Å². The molecule has 8 heteroatoms. The maximum atomic E-state index is 13.3. The van der Waals surface area contributed by atoms with Crippen LogP contribution >= 0.6 is 23.1 Å². The number of nitrogens with zero attached hydrogens (tertiary/aromatic N) is 3. The van der Waals surface area contributed by atoms with Crippen LogP contribution in [0.3, 0.4) is 0 Å². The summed E-state index contributed by atoms with van der Waals surface area (Å²) in [5.74, 6) is 0.780. The number of aromatic nitrogens is 3. The molecule has 4 aromatic rings. The summed E-state index contributed by atoms with van der Waals surface area (Å²) in [6, 6.07) is 9.16. The highest BCUT2D eigenvalue weighted by Crippen LogP contribution is 2.40. The zero-order valence-electron chi connectivity index (χ0n) is 20.3. The number of ether oxygens (including phenoxy) is 1. The summed E-state index contributed by atoms with van der Waals surface area (Å²) >= 11 is 3.30. The Hall–Kier alpha value is -2.97. The van der Waals surface area contributed by atoms with Gasteiger partial charge in [-0.1, -0.05) is 11.8 Å². The number of benzene rings is 1. The minimum atomic E-state index is -0.369. The number of aryl methyl sites for hydroxylation is 4. The lowest BCUT2D eigenvalue weighted by Gasteiger charge is -2.12. The predicted octanol–water partition coefficient (Wildman–Crippen LogP) is 6.05. The van der Waals surface area contributed by atoms with Crippen LogP contribution in [0.5, 0.6) is 0 Å². The summed E-state index contributed by atoms with van der Waals surface area (Å²) in [6.45, 7) is 5.87. The number of carbonyl (C=O) groups excluding carboxylic acids is 2. The van der Waals surface area contributed by atoms with Crippen LogP contribution in [0, 0.1) is 20.8 Å². The summed E-state index contributed by atoms with van der Waals surface area (Å²) in [4.78, 5) is 37.0. The monoisotopic (exact) mass is 505 g/mol. The lowest BCUT2D eigenvalue weighted by Crippen LogP contribution is -2.07. The van der Waals surface area contributed by atoms with E-state index in [-0.39, 0.29) is 11.8 Å². The molecule has 0 atom stereocenters. The van der Waals surface area contributed by atoms with Gasteiger partial charge in [-0.2, -0.15) is 0 Å². The molecule has 0 amide bonds. The zero-order chi connectivity index (χ0) is 24.7. The number of carbonyl (C=O) groups is 2. The van der Waals surface area contributed by atoms with Crippen LogP contribution in [0.2, 0.25) is 0 Å². The van der Waals surface area contributed by atoms with Gasteiger partial charge in [0.2, 0.25) is 0 Å². The van der Waals surface area contributed by atoms with Crippen molar-refractivity contribution >= 4 is 45.1 Å². The molecule has 1 aromatic carbocycles. The maximum Gasteiger partial charge on any atom is 0.337 e. The van der Waals surface area contributed by atoms with Gasteiger partial charge in [0.25, 0.3) is 0 Å². The molecule has 1 aliphatic carbocycles. The molecule has 5 rings (SSSR count). The van der Waals surface area contributed by atoms with E-state index in [1.165, 1.54) is 42.2 Å². The Morgan fingerprint density at radius 1 is 1.09 bits per heavy atom. The Balaban J connectivity index is 1.40. The molecule has 0 fully saturated rings. The van der Waals surface area contributed by atoms with E-state index < -0.39 is 0 Å². The largest absolute Gasteiger partial charge is 0.465 e. The van der Waals surface area contributed by atoms with Gasteiger partial charge in [0.05, 0.1) is 18.4 Å². The van der Waals surface area contributed by atoms with Gasteiger partial charge in [-0.3, -0.25) is 4.79 Å². The number of thioether (sulfide) groups is 1. The van der Waals surface area contributed by atoms with Crippen molar-refractivity contribution in [3.05, 3.63) is 69.1 Å². The first-order chi connectivity index (χ1) is 16.9. The van der Waals surface area contributed by atoms with Crippen LogP contribution in [0.15, 0.2) is 35.4 Å². The number of Topliss-reactive ketones (excluding diaryl/α,β-unsaturated/α-hetero) is 1. The highest BCUT2D eigenvalue weighted by molar-refractivity contribution is 8.00. The van der Waals surface area contributed by atoms with Crippen molar-refractivity contribution in [3.8, 4) is 5.69 Å². The van der Waals surface area contributed by atoms with E-state index in [4.69, 9.17) is 9.72 Å². The molecule has 180 valence electrons. The van der Waals surface area contributed by atoms with Crippen LogP contribution in [0.25, 0.3) is 15.9 Å². The first-order valence-electron chi connectivity index (χ1n) is 11.7. The van der Waals surface area contributed by atoms with Crippen molar-refractivity contribution in [2.75, 3.05) is 12.9 Å². The topological polar surface area (TPSA) is 74.1 Å². The number of hydrogen-bond acceptors (Lipinski definition) is 7. The summed E-state index contributed by atoms with van der Waals surface area (Å²) < 4.78 is 6.83. The number of hydrogen-bond donors (Lipinski definition) is 0. The van der Waals surface area contributed by atoms with Crippen LogP contribution in [-0.4, -0.2) is 39.2 Å². The molecule has 0 aliphatic heterocycles. The fraction of sp³-hybridized carbons (Fsp3) is 0.333. The highest BCUT2D eigenvalue weighted by Gasteiger charge is 2.23. The molecular weight excluding hydrogens is 478 g/mol. The maximum absolute atomic E-state index is 13.3. The fourth-order valence-corrected chi connectivity index (χ4v) is 7.20. The third kappa shape index (κ3) is 4.41. The van der Waals surface area contributed by atoms with Gasteiger partial charge in [0, 0.05) is 32.9 Å². The van der Waals surface area contributed by atoms with Gasteiger partial charge in [-0.25, -0.2) is 14.8 Å². The van der Waals surface area contributed by atoms with E-state index >= 15 is 0 Å². The van der Waals surface area contributed by atoms with E-state index in [9.17, 15) is 9.59 Å². The SMILES string of the molecule is COC(=O)c1ccc(-n2c(C)cc(C(=O)CSc3nc(C)nc4sc5c(c34)CCCC5)c2C)cc1. The second-order valence-corrected chi connectivity index (χ2v) is 10.9. The summed E-state index contributed by atoms with van der Waals surface area (Å²) in [5.41, 5.74) is 5.34. The molecule has 1 aliphatic rings. The Morgan fingerprint density at radius 3 is 2.57 bits per heavy atom. The lowest BCUT2D eigenvalue weighted by molar-refractivity contribution is 0.0600. The lowest BCUT2D eigenvalue weighted by atomic mass is 9.97. The number of ketones is 1. The molecule has 6 nitrogen and oxygen atoms in total. The molecule has 0 bridgehead atoms. The quantitative estimate of drug-likeness (QED) is 0.137. The van der Waals surface area contributed by atoms with Crippen molar-refractivity contribution in [1.29, 1.82) is 0 Å². The molecule has 3 aromatic heterocycles. The molecule has 0 N–H and O–H groups in total. The van der Waals surface area contributed by atoms with E-state index in [1.807, 2.05) is 43.5 Å². The summed E-state index contributed by atoms with van der Waals surface area (Å²) in [5, 5.41) is 2.08. The number of fused-ring (bicyclic) bond motifs is 3. The van der Waals surface area contributed by atoms with Gasteiger partial charge < -0.3 is 9.30 Å². The third-order valence-corrected chi connectivity index (χ3v) is 8.67. The van der Waals surface area contributed by atoms with Crippen molar-refractivity contribution in [3.63, 3.8) is 0 Å². The van der Waals surface area contributed by atoms with Crippen molar-refractivity contribution in [2.24, 2.45) is 0 Å². The number of methoxy groups -OCH3 is 1. The average Bonchev–Trinajstić information content (AvgIpc) is 3.38. The van der Waals surface area contributed by atoms with Crippen LogP contribution in [0.4, 0.5) is 0 Å². The van der Waals surface area contributed by atoms with E-state index in [0.29, 0.717) is 16.9 Å². The smallest absolute Gasteiger partial charge is 0.337 e. The number of esters is 1. The molecule has 0 saturated carbocycles. The van der Waals surface area contributed by atoms with Crippen molar-refractivity contribution in [1.82, 2.24) is 14.5 Å². The van der Waals surface area contributed by atoms with E-state index in [2.05, 4.69) is 4.98 Å². The van der Waals surface area contributed by atoms with E-state index in [0.717, 1.165) is 51.0 Å². The number of thiophene rings is 1. The molecule has 0 saturated heterocycles. The van der Waals surface area contributed by atoms with Crippen LogP contribution in [0.1, 0.15) is 61.2 Å². The van der Waals surface area contributed by atoms with Gasteiger partial charge in [0.15, 0.2) is 5.78 Å². The van der Waals surface area contributed by atoms with Gasteiger partial charge in [0.1, 0.15) is 15.7 Å². The summed E-state index contributed by atoms with van der Waals surface area (Å²) in [6.07, 6.45) is 4.61. The molecular formula is C27H27N3O3S2. The number of rotatable bonds is 6. The zero-order valence-corrected chi connectivity index (χ0v) is 21.9. The minimum Gasteiger partial charge on any atom is -0.465 e. The Labute approximate surface area is 212 Å². The second-order valence-electron chi connectivity index (χ2n) is 8.84. The van der Waals surface area contributed by atoms with Crippen LogP contribution < -0.4 is 0 Å². The first-order valence-corrected chi connectivity index (χ1v) is 13.5. The first kappa shape index (κ1) is 23.8. The van der Waals surface area contributed by atoms with Gasteiger partial charge in [-0.15, -0.1) is 11.3 Å². The average molecular weight is 506 g/mol. The normalized spacial score (nSPS) is 13.1. The Bertz CT molecular complexity index is 1450. The molecule has 35 heavy (non-hydrogen) atoms. The minimum absolute atomic E-state index is 0.0778. The van der Waals surface area contributed by atoms with Crippen molar-refractivity contribution < 1.29 is 14.3 Å². The predicted molar refractivity (Wildman–Crippen MR) is 140 cm³/mol. The Morgan fingerprint density at radius 2 is 1.83 bits per heavy atom. The second kappa shape index (κ2) is 9.59. The molecule has 0 spiro atoms. The molecule has 0 unspecified atom stereocenters. The standard InChI is InChI=1S/C27H27N3O3S2/c1-15-13-21(16(2)30(15)19-11-9-18(10-12-19)27(32)33-4)22(31)14-34-25-24-20-7-5-6-8-23(20)35-26(24)29-17(3)28-25/h9-13H,5-8,14H2,1-4H3. The van der Waals surface area contributed by atoms with E-state index in [1.54, 1.807) is 23.5 Å². The fourth-order valence-electron chi connectivity index (χ4n) is 4.85. The summed E-state index contributed by atoms with van der Waals surface area (Å²) in [7, 11) is 1.37. The molecule has 0 radical (unpaired) electrons.